The van der Waals surface area contributed by atoms with Gasteiger partial charge in [0.15, 0.2) is 5.60 Å². The van der Waals surface area contributed by atoms with E-state index in [2.05, 4.69) is 32.2 Å². The maximum absolute atomic E-state index is 14.8. The van der Waals surface area contributed by atoms with Gasteiger partial charge in [-0.1, -0.05) is 67.7 Å². The largest absolute Gasteiger partial charge is 0.497 e. The summed E-state index contributed by atoms with van der Waals surface area (Å²) in [5.41, 5.74) is 2.60. The number of aliphatic hydroxyl groups is 1. The zero-order valence-electron chi connectivity index (χ0n) is 25.6. The Bertz CT molecular complexity index is 1510. The summed E-state index contributed by atoms with van der Waals surface area (Å²) in [7, 11) is -0.549. The van der Waals surface area contributed by atoms with Gasteiger partial charge >= 0.3 is 0 Å². The van der Waals surface area contributed by atoms with Crippen molar-refractivity contribution in [3.63, 3.8) is 0 Å². The normalized spacial score (nSPS) is 25.5. The van der Waals surface area contributed by atoms with Crippen LogP contribution in [0.3, 0.4) is 0 Å². The van der Waals surface area contributed by atoms with E-state index in [0.717, 1.165) is 47.6 Å². The molecule has 2 saturated heterocycles. The number of benzene rings is 3. The van der Waals surface area contributed by atoms with E-state index in [0.29, 0.717) is 19.4 Å². The minimum absolute atomic E-state index is 0.00137. The molecule has 3 heterocycles. The molecule has 2 amide bonds. The summed E-state index contributed by atoms with van der Waals surface area (Å²) in [4.78, 5) is 31.1. The summed E-state index contributed by atoms with van der Waals surface area (Å²) < 4.78 is 12.4. The van der Waals surface area contributed by atoms with E-state index in [1.807, 2.05) is 70.5 Å². The number of fused-ring (bicyclic) bond motifs is 2. The number of rotatable bonds is 8. The van der Waals surface area contributed by atoms with Gasteiger partial charge in [-0.2, -0.15) is 0 Å². The van der Waals surface area contributed by atoms with E-state index in [9.17, 15) is 14.7 Å². The van der Waals surface area contributed by atoms with E-state index < -0.39 is 13.7 Å². The summed E-state index contributed by atoms with van der Waals surface area (Å²) in [6.45, 7) is 7.97. The number of hydrogen-bond acceptors (Lipinski definition) is 5. The number of nitrogens with zero attached hydrogens (tertiary/aromatic N) is 2. The summed E-state index contributed by atoms with van der Waals surface area (Å²) in [6, 6.07) is 24.3. The molecule has 3 aliphatic heterocycles. The van der Waals surface area contributed by atoms with Gasteiger partial charge in [0.1, 0.15) is 5.75 Å². The van der Waals surface area contributed by atoms with Crippen LogP contribution in [0.1, 0.15) is 43.7 Å². The smallest absolute Gasteiger partial charge is 0.264 e. The van der Waals surface area contributed by atoms with Crippen LogP contribution in [0.15, 0.2) is 72.8 Å². The van der Waals surface area contributed by atoms with Crippen LogP contribution in [0.25, 0.3) is 0 Å². The van der Waals surface area contributed by atoms with Crippen molar-refractivity contribution in [2.45, 2.75) is 69.5 Å². The van der Waals surface area contributed by atoms with Crippen LogP contribution in [0.4, 0.5) is 11.4 Å². The molecule has 3 aliphatic rings. The first kappa shape index (κ1) is 29.6. The van der Waals surface area contributed by atoms with Gasteiger partial charge in [0.2, 0.25) is 5.91 Å². The zero-order chi connectivity index (χ0) is 30.4. The maximum atomic E-state index is 14.8. The minimum atomic E-state index is -2.22. The van der Waals surface area contributed by atoms with Gasteiger partial charge in [0.05, 0.1) is 33.5 Å². The Labute approximate surface area is 255 Å². The molecule has 0 unspecified atom stereocenters. The monoisotopic (exact) mass is 598 g/mol. The molecule has 7 nitrogen and oxygen atoms in total. The highest BCUT2D eigenvalue weighted by Crippen LogP contribution is 2.60. The molecule has 226 valence electrons. The van der Waals surface area contributed by atoms with Gasteiger partial charge in [-0.3, -0.25) is 9.59 Å². The minimum Gasteiger partial charge on any atom is -0.497 e. The summed E-state index contributed by atoms with van der Waals surface area (Å²) in [5, 5.41) is 11.4. The lowest BCUT2D eigenvalue weighted by Gasteiger charge is -2.37. The fourth-order valence-corrected chi connectivity index (χ4v) is 12.0. The third-order valence-electron chi connectivity index (χ3n) is 10.0. The molecular formula is C35H42N2O5Si. The fraction of sp³-hybridized carbons (Fsp3) is 0.429. The number of para-hydroxylation sites is 1. The second kappa shape index (κ2) is 11.6. The molecular weight excluding hydrogens is 556 g/mol. The van der Waals surface area contributed by atoms with Crippen molar-refractivity contribution in [2.24, 2.45) is 5.92 Å². The van der Waals surface area contributed by atoms with E-state index in [1.165, 1.54) is 5.19 Å². The molecule has 4 atom stereocenters. The summed E-state index contributed by atoms with van der Waals surface area (Å²) in [6.07, 6.45) is 2.73. The number of piperidine rings is 1. The van der Waals surface area contributed by atoms with Crippen LogP contribution < -0.4 is 19.7 Å². The van der Waals surface area contributed by atoms with Gasteiger partial charge in [-0.25, -0.2) is 0 Å². The van der Waals surface area contributed by atoms with E-state index in [4.69, 9.17) is 9.47 Å². The molecule has 3 aromatic carbocycles. The van der Waals surface area contributed by atoms with Crippen LogP contribution in [0.2, 0.25) is 18.6 Å². The lowest BCUT2D eigenvalue weighted by molar-refractivity contribution is -0.146. The van der Waals surface area contributed by atoms with Crippen LogP contribution in [-0.2, 0) is 26.5 Å². The number of carbonyl (C=O) groups excluding carboxylic acids is 2. The number of ether oxygens (including phenoxy) is 2. The van der Waals surface area contributed by atoms with Gasteiger partial charge in [-0.05, 0) is 60.7 Å². The molecule has 0 radical (unpaired) electrons. The Balaban J connectivity index is 1.36. The lowest BCUT2D eigenvalue weighted by atomic mass is 9.82. The molecule has 0 bridgehead atoms. The Hall–Kier alpha value is -3.46. The van der Waals surface area contributed by atoms with Crippen LogP contribution in [-0.4, -0.2) is 51.4 Å². The summed E-state index contributed by atoms with van der Waals surface area (Å²) >= 11 is 0. The molecule has 0 aliphatic carbocycles. The first-order valence-electron chi connectivity index (χ1n) is 15.5. The van der Waals surface area contributed by atoms with E-state index in [-0.39, 0.29) is 36.0 Å². The van der Waals surface area contributed by atoms with E-state index in [1.54, 1.807) is 7.11 Å². The second-order valence-electron chi connectivity index (χ2n) is 12.7. The molecule has 8 heteroatoms. The second-order valence-corrected chi connectivity index (χ2v) is 17.4. The molecule has 2 fully saturated rings. The highest BCUT2D eigenvalue weighted by molar-refractivity contribution is 6.91. The molecule has 1 spiro atoms. The van der Waals surface area contributed by atoms with E-state index >= 15 is 0 Å². The van der Waals surface area contributed by atoms with Crippen molar-refractivity contribution in [3.8, 4) is 5.75 Å². The first-order chi connectivity index (χ1) is 20.7. The molecule has 43 heavy (non-hydrogen) atoms. The maximum Gasteiger partial charge on any atom is 0.264 e. The number of hydrogen-bond donors (Lipinski definition) is 1. The predicted octanol–water partition coefficient (Wildman–Crippen LogP) is 5.36. The van der Waals surface area contributed by atoms with Gasteiger partial charge in [-0.15, -0.1) is 0 Å². The van der Waals surface area contributed by atoms with Gasteiger partial charge < -0.3 is 24.4 Å². The molecule has 3 aromatic rings. The molecule has 1 N–H and O–H groups in total. The Morgan fingerprint density at radius 1 is 1.02 bits per heavy atom. The van der Waals surface area contributed by atoms with Crippen molar-refractivity contribution < 1.29 is 24.2 Å². The zero-order valence-corrected chi connectivity index (χ0v) is 26.6. The van der Waals surface area contributed by atoms with Crippen LogP contribution >= 0.6 is 0 Å². The van der Waals surface area contributed by atoms with Gasteiger partial charge in [0.25, 0.3) is 5.91 Å². The third kappa shape index (κ3) is 4.89. The van der Waals surface area contributed by atoms with Crippen LogP contribution in [0, 0.1) is 5.92 Å². The first-order valence-corrected chi connectivity index (χ1v) is 18.5. The highest BCUT2D eigenvalue weighted by Gasteiger charge is 2.66. The fourth-order valence-electron chi connectivity index (χ4n) is 7.91. The van der Waals surface area contributed by atoms with Crippen molar-refractivity contribution in [2.75, 3.05) is 30.1 Å². The number of amides is 2. The highest BCUT2D eigenvalue weighted by atomic mass is 28.3. The number of aliphatic hydroxyl groups excluding tert-OH is 1. The number of anilines is 2. The topological polar surface area (TPSA) is 79.3 Å². The van der Waals surface area contributed by atoms with Crippen molar-refractivity contribution in [3.05, 3.63) is 83.9 Å². The summed E-state index contributed by atoms with van der Waals surface area (Å²) in [5.74, 6) is 0.814. The Morgan fingerprint density at radius 2 is 1.79 bits per heavy atom. The number of methoxy groups -OCH3 is 1. The number of carbonyl (C=O) groups is 2. The Kier molecular flexibility index (Phi) is 7.96. The van der Waals surface area contributed by atoms with Crippen LogP contribution in [0.5, 0.6) is 5.75 Å². The molecule has 6 rings (SSSR count). The van der Waals surface area contributed by atoms with Crippen molar-refractivity contribution >= 4 is 36.4 Å². The van der Waals surface area contributed by atoms with Gasteiger partial charge in [0, 0.05) is 36.7 Å². The van der Waals surface area contributed by atoms with Crippen molar-refractivity contribution in [1.82, 2.24) is 0 Å². The van der Waals surface area contributed by atoms with Crippen molar-refractivity contribution in [1.29, 1.82) is 0 Å². The lowest BCUT2D eigenvalue weighted by Crippen LogP contribution is -2.51. The SMILES string of the molecule is COc1ccc([Si](C)(C)[C@@H]2[C@@H](CCO)O[C@]3(C(=O)N(Cc4cccc(N5CCCCC5=O)c4)c4ccccc43)[C@H]2C)cc1. The standard InChI is InChI=1S/C35H42N2O5Si/c1-24-33(43(3,4)28-17-15-27(41-2)16-18-28)31(19-21-38)42-35(24)29-12-5-6-13-30(29)37(34(35)40)23-25-10-9-11-26(22-25)36-20-8-7-14-32(36)39/h5-6,9-13,15-18,22,24,31,33,38H,7-8,14,19-21,23H2,1-4H3/t24-,31+,33-,35+/m0/s1. The third-order valence-corrected chi connectivity index (χ3v) is 14.4. The average Bonchev–Trinajstić information content (AvgIpc) is 3.44. The molecule has 0 aromatic heterocycles. The predicted molar refractivity (Wildman–Crippen MR) is 172 cm³/mol. The quantitative estimate of drug-likeness (QED) is 0.354. The molecule has 0 saturated carbocycles. The Morgan fingerprint density at radius 3 is 2.51 bits per heavy atom. The average molecular weight is 599 g/mol.